The maximum absolute atomic E-state index is 12.6. The van der Waals surface area contributed by atoms with Gasteiger partial charge in [0.15, 0.2) is 11.5 Å². The minimum absolute atomic E-state index is 0.0307. The Morgan fingerprint density at radius 2 is 1.84 bits per heavy atom. The predicted octanol–water partition coefficient (Wildman–Crippen LogP) is 4.99. The van der Waals surface area contributed by atoms with Crippen LogP contribution in [0.15, 0.2) is 56.7 Å². The second kappa shape index (κ2) is 6.88. The average Bonchev–Trinajstić information content (AvgIpc) is 3.24. The molecule has 1 aromatic carbocycles. The summed E-state index contributed by atoms with van der Waals surface area (Å²) in [5.74, 6) is 0.848. The van der Waals surface area contributed by atoms with Crippen LogP contribution in [0, 0.1) is 0 Å². The number of carbonyl (C=O) groups excluding carboxylic acids is 1. The Labute approximate surface area is 150 Å². The standard InChI is InChI=1S/C19H20N2O3S/c1-12(16(22)13-7-9-14(10-8-13)19(2,3)4)25-18-21-20-17(24-18)15-6-5-11-23-15/h5-12H,1-4H3/t12-/m0/s1. The molecule has 0 saturated heterocycles. The zero-order chi connectivity index (χ0) is 18.0. The molecule has 0 unspecified atom stereocenters. The summed E-state index contributed by atoms with van der Waals surface area (Å²) in [6.45, 7) is 8.28. The van der Waals surface area contributed by atoms with Gasteiger partial charge in [-0.25, -0.2) is 0 Å². The van der Waals surface area contributed by atoms with Crippen LogP contribution >= 0.6 is 11.8 Å². The fourth-order valence-corrected chi connectivity index (χ4v) is 3.09. The van der Waals surface area contributed by atoms with Crippen LogP contribution in [0.2, 0.25) is 0 Å². The van der Waals surface area contributed by atoms with Gasteiger partial charge in [-0.15, -0.1) is 10.2 Å². The van der Waals surface area contributed by atoms with Crippen molar-refractivity contribution in [3.63, 3.8) is 0 Å². The van der Waals surface area contributed by atoms with Gasteiger partial charge in [-0.2, -0.15) is 0 Å². The van der Waals surface area contributed by atoms with Crippen molar-refractivity contribution in [2.24, 2.45) is 0 Å². The van der Waals surface area contributed by atoms with Gasteiger partial charge in [-0.3, -0.25) is 4.79 Å². The Balaban J connectivity index is 1.68. The normalized spacial score (nSPS) is 13.0. The Hall–Kier alpha value is -2.34. The molecule has 0 aliphatic carbocycles. The first-order valence-electron chi connectivity index (χ1n) is 8.03. The third kappa shape index (κ3) is 4.02. The third-order valence-electron chi connectivity index (χ3n) is 3.82. The van der Waals surface area contributed by atoms with Gasteiger partial charge in [-0.1, -0.05) is 56.8 Å². The molecule has 3 rings (SSSR count). The molecule has 0 radical (unpaired) electrons. The summed E-state index contributed by atoms with van der Waals surface area (Å²) in [4.78, 5) is 12.6. The zero-order valence-electron chi connectivity index (χ0n) is 14.6. The second-order valence-corrected chi connectivity index (χ2v) is 8.09. The number of rotatable bonds is 5. The first-order valence-corrected chi connectivity index (χ1v) is 8.91. The third-order valence-corrected chi connectivity index (χ3v) is 4.75. The zero-order valence-corrected chi connectivity index (χ0v) is 15.5. The van der Waals surface area contributed by atoms with Crippen molar-refractivity contribution in [1.82, 2.24) is 10.2 Å². The van der Waals surface area contributed by atoms with E-state index < -0.39 is 0 Å². The summed E-state index contributed by atoms with van der Waals surface area (Å²) < 4.78 is 10.8. The highest BCUT2D eigenvalue weighted by Crippen LogP contribution is 2.28. The van der Waals surface area contributed by atoms with E-state index in [9.17, 15) is 4.79 Å². The van der Waals surface area contributed by atoms with E-state index in [2.05, 4.69) is 31.0 Å². The van der Waals surface area contributed by atoms with E-state index in [1.54, 1.807) is 18.4 Å². The number of nitrogens with zero attached hydrogens (tertiary/aromatic N) is 2. The number of hydrogen-bond acceptors (Lipinski definition) is 6. The summed E-state index contributed by atoms with van der Waals surface area (Å²) >= 11 is 1.24. The van der Waals surface area contributed by atoms with Crippen LogP contribution in [0.4, 0.5) is 0 Å². The van der Waals surface area contributed by atoms with Crippen LogP contribution in [0.3, 0.4) is 0 Å². The van der Waals surface area contributed by atoms with Crippen LogP contribution in [-0.4, -0.2) is 21.2 Å². The Bertz CT molecular complexity index is 846. The predicted molar refractivity (Wildman–Crippen MR) is 96.8 cm³/mol. The van der Waals surface area contributed by atoms with Gasteiger partial charge in [0.05, 0.1) is 11.5 Å². The van der Waals surface area contributed by atoms with Crippen LogP contribution in [0.25, 0.3) is 11.7 Å². The van der Waals surface area contributed by atoms with E-state index in [-0.39, 0.29) is 16.4 Å². The van der Waals surface area contributed by atoms with E-state index in [0.717, 1.165) is 0 Å². The molecule has 0 aliphatic rings. The molecule has 3 aromatic rings. The van der Waals surface area contributed by atoms with Crippen molar-refractivity contribution in [3.05, 3.63) is 53.8 Å². The number of Topliss-reactive ketones (excluding diaryl/α,β-unsaturated/α-hetero) is 1. The molecular formula is C19H20N2O3S. The lowest BCUT2D eigenvalue weighted by molar-refractivity contribution is 0.0993. The van der Waals surface area contributed by atoms with Crippen molar-refractivity contribution < 1.29 is 13.6 Å². The minimum Gasteiger partial charge on any atom is -0.459 e. The summed E-state index contributed by atoms with van der Waals surface area (Å²) in [6, 6.07) is 11.3. The molecule has 2 heterocycles. The summed E-state index contributed by atoms with van der Waals surface area (Å²) in [5, 5.41) is 7.93. The average molecular weight is 356 g/mol. The minimum atomic E-state index is -0.328. The molecule has 0 aliphatic heterocycles. The molecule has 0 bridgehead atoms. The van der Waals surface area contributed by atoms with Gasteiger partial charge in [-0.05, 0) is 30.0 Å². The van der Waals surface area contributed by atoms with Gasteiger partial charge in [0, 0.05) is 5.56 Å². The molecule has 0 amide bonds. The number of thioether (sulfide) groups is 1. The first-order chi connectivity index (χ1) is 11.8. The summed E-state index contributed by atoms with van der Waals surface area (Å²) in [7, 11) is 0. The maximum Gasteiger partial charge on any atom is 0.284 e. The number of benzene rings is 1. The monoisotopic (exact) mass is 356 g/mol. The second-order valence-electron chi connectivity index (χ2n) is 6.80. The molecule has 0 N–H and O–H groups in total. The van der Waals surface area contributed by atoms with Gasteiger partial charge in [0.2, 0.25) is 0 Å². The topological polar surface area (TPSA) is 69.1 Å². The Morgan fingerprint density at radius 3 is 2.44 bits per heavy atom. The maximum atomic E-state index is 12.6. The van der Waals surface area contributed by atoms with E-state index in [1.165, 1.54) is 17.3 Å². The van der Waals surface area contributed by atoms with Crippen LogP contribution in [0.1, 0.15) is 43.6 Å². The molecule has 5 nitrogen and oxygen atoms in total. The molecule has 0 spiro atoms. The fourth-order valence-electron chi connectivity index (χ4n) is 2.33. The molecule has 6 heteroatoms. The largest absolute Gasteiger partial charge is 0.459 e. The van der Waals surface area contributed by atoms with E-state index in [4.69, 9.17) is 8.83 Å². The number of furan rings is 1. The SMILES string of the molecule is C[C@H](Sc1nnc(-c2ccco2)o1)C(=O)c1ccc(C(C)(C)C)cc1. The molecule has 130 valence electrons. The van der Waals surface area contributed by atoms with Gasteiger partial charge in [0.25, 0.3) is 11.1 Å². The lowest BCUT2D eigenvalue weighted by Gasteiger charge is -2.19. The van der Waals surface area contributed by atoms with Crippen molar-refractivity contribution in [2.45, 2.75) is 43.6 Å². The quantitative estimate of drug-likeness (QED) is 0.474. The number of hydrogen-bond donors (Lipinski definition) is 0. The number of ketones is 1. The van der Waals surface area contributed by atoms with Crippen molar-refractivity contribution in [1.29, 1.82) is 0 Å². The molecular weight excluding hydrogens is 336 g/mol. The Kier molecular flexibility index (Phi) is 4.81. The van der Waals surface area contributed by atoms with Crippen molar-refractivity contribution in [3.8, 4) is 11.7 Å². The van der Waals surface area contributed by atoms with Gasteiger partial charge in [0.1, 0.15) is 0 Å². The van der Waals surface area contributed by atoms with Crippen LogP contribution in [-0.2, 0) is 5.41 Å². The lowest BCUT2D eigenvalue weighted by Crippen LogP contribution is -2.15. The van der Waals surface area contributed by atoms with E-state index in [0.29, 0.717) is 22.4 Å². The smallest absolute Gasteiger partial charge is 0.284 e. The Morgan fingerprint density at radius 1 is 1.12 bits per heavy atom. The number of aromatic nitrogens is 2. The molecule has 2 aromatic heterocycles. The van der Waals surface area contributed by atoms with E-state index >= 15 is 0 Å². The highest BCUT2D eigenvalue weighted by atomic mass is 32.2. The van der Waals surface area contributed by atoms with Gasteiger partial charge >= 0.3 is 0 Å². The van der Waals surface area contributed by atoms with E-state index in [1.807, 2.05) is 31.2 Å². The van der Waals surface area contributed by atoms with Crippen LogP contribution < -0.4 is 0 Å². The van der Waals surface area contributed by atoms with Crippen molar-refractivity contribution >= 4 is 17.5 Å². The molecule has 0 fully saturated rings. The highest BCUT2D eigenvalue weighted by Gasteiger charge is 2.21. The van der Waals surface area contributed by atoms with Crippen molar-refractivity contribution in [2.75, 3.05) is 0 Å². The summed E-state index contributed by atoms with van der Waals surface area (Å²) in [5.41, 5.74) is 1.94. The molecule has 25 heavy (non-hydrogen) atoms. The number of carbonyl (C=O) groups is 1. The van der Waals surface area contributed by atoms with Crippen LogP contribution in [0.5, 0.6) is 0 Å². The highest BCUT2D eigenvalue weighted by molar-refractivity contribution is 8.00. The lowest BCUT2D eigenvalue weighted by atomic mass is 9.86. The molecule has 0 saturated carbocycles. The fraction of sp³-hybridized carbons (Fsp3) is 0.316. The van der Waals surface area contributed by atoms with Gasteiger partial charge < -0.3 is 8.83 Å². The summed E-state index contributed by atoms with van der Waals surface area (Å²) in [6.07, 6.45) is 1.54. The first kappa shape index (κ1) is 17.5. The molecule has 1 atom stereocenters.